The number of fused-ring (bicyclic) bond motifs is 1. The Bertz CT molecular complexity index is 655. The molecule has 1 N–H and O–H groups in total. The standard InChI is InChI=1S/C18H20F3NO3/c19-18(20,21)15(23)22(14-8-2-1-3-9-14)17(16(24)25)10-12-6-4-5-7-13(12)11-17/h4-7,14H,1-3,8-11H2,(H,24,25). The van der Waals surface area contributed by atoms with Crippen molar-refractivity contribution in [2.75, 3.05) is 0 Å². The minimum Gasteiger partial charge on any atom is -0.479 e. The van der Waals surface area contributed by atoms with E-state index in [1.54, 1.807) is 24.3 Å². The number of hydrogen-bond donors (Lipinski definition) is 1. The lowest BCUT2D eigenvalue weighted by Gasteiger charge is -2.44. The molecule has 0 aliphatic heterocycles. The summed E-state index contributed by atoms with van der Waals surface area (Å²) in [4.78, 5) is 25.1. The Morgan fingerprint density at radius 2 is 1.56 bits per heavy atom. The summed E-state index contributed by atoms with van der Waals surface area (Å²) < 4.78 is 39.9. The van der Waals surface area contributed by atoms with E-state index >= 15 is 0 Å². The molecule has 0 heterocycles. The number of benzene rings is 1. The van der Waals surface area contributed by atoms with Crippen molar-refractivity contribution in [1.29, 1.82) is 0 Å². The van der Waals surface area contributed by atoms with Gasteiger partial charge in [-0.05, 0) is 24.0 Å². The van der Waals surface area contributed by atoms with Crippen LogP contribution in [0.15, 0.2) is 24.3 Å². The Morgan fingerprint density at radius 3 is 2.00 bits per heavy atom. The molecule has 1 amide bonds. The van der Waals surface area contributed by atoms with Crippen LogP contribution in [-0.2, 0) is 22.4 Å². The van der Waals surface area contributed by atoms with Crippen molar-refractivity contribution in [2.45, 2.75) is 62.7 Å². The average Bonchev–Trinajstić information content (AvgIpc) is 2.95. The summed E-state index contributed by atoms with van der Waals surface area (Å²) in [6.45, 7) is 0. The number of aliphatic carboxylic acids is 1. The maximum atomic E-state index is 13.3. The van der Waals surface area contributed by atoms with Crippen molar-refractivity contribution >= 4 is 11.9 Å². The first kappa shape index (κ1) is 17.8. The van der Waals surface area contributed by atoms with E-state index in [0.29, 0.717) is 41.7 Å². The van der Waals surface area contributed by atoms with Crippen LogP contribution in [0.5, 0.6) is 0 Å². The summed E-state index contributed by atoms with van der Waals surface area (Å²) in [5, 5.41) is 9.89. The van der Waals surface area contributed by atoms with Crippen LogP contribution in [0.1, 0.15) is 43.2 Å². The quantitative estimate of drug-likeness (QED) is 0.905. The minimum absolute atomic E-state index is 0.0865. The topological polar surface area (TPSA) is 57.6 Å². The molecule has 136 valence electrons. The highest BCUT2D eigenvalue weighted by molar-refractivity contribution is 5.91. The van der Waals surface area contributed by atoms with Crippen molar-refractivity contribution in [3.05, 3.63) is 35.4 Å². The van der Waals surface area contributed by atoms with Gasteiger partial charge in [-0.15, -0.1) is 0 Å². The number of nitrogens with zero attached hydrogens (tertiary/aromatic N) is 1. The molecule has 25 heavy (non-hydrogen) atoms. The zero-order valence-corrected chi connectivity index (χ0v) is 13.7. The second kappa shape index (κ2) is 6.35. The van der Waals surface area contributed by atoms with E-state index in [-0.39, 0.29) is 12.8 Å². The predicted octanol–water partition coefficient (Wildman–Crippen LogP) is 3.33. The van der Waals surface area contributed by atoms with Crippen molar-refractivity contribution in [1.82, 2.24) is 4.90 Å². The molecule has 0 atom stereocenters. The summed E-state index contributed by atoms with van der Waals surface area (Å²) in [6, 6.07) is 6.21. The lowest BCUT2D eigenvalue weighted by Crippen LogP contribution is -2.64. The van der Waals surface area contributed by atoms with Gasteiger partial charge in [0.25, 0.3) is 0 Å². The van der Waals surface area contributed by atoms with Gasteiger partial charge >= 0.3 is 18.1 Å². The molecule has 0 aromatic heterocycles. The first-order chi connectivity index (χ1) is 11.8. The van der Waals surface area contributed by atoms with Crippen molar-refractivity contribution in [3.63, 3.8) is 0 Å². The van der Waals surface area contributed by atoms with E-state index in [0.717, 1.165) is 6.42 Å². The van der Waals surface area contributed by atoms with E-state index in [1.165, 1.54) is 0 Å². The van der Waals surface area contributed by atoms with Gasteiger partial charge in [0.2, 0.25) is 0 Å². The van der Waals surface area contributed by atoms with Crippen LogP contribution in [0, 0.1) is 0 Å². The summed E-state index contributed by atoms with van der Waals surface area (Å²) in [6.07, 6.45) is -2.14. The summed E-state index contributed by atoms with van der Waals surface area (Å²) in [7, 11) is 0. The SMILES string of the molecule is O=C(N(C1CCCCC1)C1(C(=O)O)Cc2ccccc2C1)C(F)(F)F. The van der Waals surface area contributed by atoms with Gasteiger partial charge in [0.1, 0.15) is 5.54 Å². The fraction of sp³-hybridized carbons (Fsp3) is 0.556. The average molecular weight is 355 g/mol. The predicted molar refractivity (Wildman–Crippen MR) is 84.0 cm³/mol. The molecule has 4 nitrogen and oxygen atoms in total. The molecule has 1 aromatic carbocycles. The Balaban J connectivity index is 2.06. The van der Waals surface area contributed by atoms with Gasteiger partial charge in [-0.3, -0.25) is 4.79 Å². The largest absolute Gasteiger partial charge is 0.479 e. The summed E-state index contributed by atoms with van der Waals surface area (Å²) >= 11 is 0. The fourth-order valence-electron chi connectivity index (χ4n) is 4.21. The number of carbonyl (C=O) groups excluding carboxylic acids is 1. The maximum absolute atomic E-state index is 13.3. The summed E-state index contributed by atoms with van der Waals surface area (Å²) in [5.41, 5.74) is -0.473. The van der Waals surface area contributed by atoms with Gasteiger partial charge in [-0.25, -0.2) is 4.79 Å². The van der Waals surface area contributed by atoms with Crippen molar-refractivity contribution in [3.8, 4) is 0 Å². The number of carboxylic acids is 1. The third-order valence-electron chi connectivity index (χ3n) is 5.34. The fourth-order valence-corrected chi connectivity index (χ4v) is 4.21. The molecule has 0 radical (unpaired) electrons. The number of alkyl halides is 3. The van der Waals surface area contributed by atoms with Gasteiger partial charge in [-0.1, -0.05) is 43.5 Å². The van der Waals surface area contributed by atoms with Crippen LogP contribution in [0.2, 0.25) is 0 Å². The van der Waals surface area contributed by atoms with Gasteiger partial charge in [0, 0.05) is 18.9 Å². The monoisotopic (exact) mass is 355 g/mol. The second-order valence-electron chi connectivity index (χ2n) is 6.92. The van der Waals surface area contributed by atoms with Crippen LogP contribution >= 0.6 is 0 Å². The summed E-state index contributed by atoms with van der Waals surface area (Å²) in [5.74, 6) is -3.40. The molecule has 0 spiro atoms. The van der Waals surface area contributed by atoms with Crippen LogP contribution in [0.3, 0.4) is 0 Å². The maximum Gasteiger partial charge on any atom is 0.471 e. The lowest BCUT2D eigenvalue weighted by atomic mass is 9.86. The molecule has 2 aliphatic rings. The zero-order valence-electron chi connectivity index (χ0n) is 13.7. The third-order valence-corrected chi connectivity index (χ3v) is 5.34. The number of hydrogen-bond acceptors (Lipinski definition) is 2. The molecule has 1 fully saturated rings. The first-order valence-electron chi connectivity index (χ1n) is 8.46. The molecule has 2 aliphatic carbocycles. The van der Waals surface area contributed by atoms with Crippen molar-refractivity contribution in [2.24, 2.45) is 0 Å². The number of amides is 1. The Labute approximate surface area is 143 Å². The van der Waals surface area contributed by atoms with Crippen LogP contribution < -0.4 is 0 Å². The molecule has 1 saturated carbocycles. The Morgan fingerprint density at radius 1 is 1.04 bits per heavy atom. The van der Waals surface area contributed by atoms with Gasteiger partial charge < -0.3 is 10.0 Å². The van der Waals surface area contributed by atoms with Gasteiger partial charge in [0.05, 0.1) is 0 Å². The molecule has 3 rings (SSSR count). The molecular formula is C18H20F3NO3. The van der Waals surface area contributed by atoms with E-state index in [9.17, 15) is 27.9 Å². The van der Waals surface area contributed by atoms with E-state index in [2.05, 4.69) is 0 Å². The third kappa shape index (κ3) is 3.12. The molecule has 7 heteroatoms. The van der Waals surface area contributed by atoms with Crippen LogP contribution in [-0.4, -0.2) is 39.6 Å². The molecular weight excluding hydrogens is 335 g/mol. The normalized spacial score (nSPS) is 20.1. The number of halogens is 3. The highest BCUT2D eigenvalue weighted by atomic mass is 19.4. The highest BCUT2D eigenvalue weighted by Gasteiger charge is 2.58. The minimum atomic E-state index is -5.09. The molecule has 0 unspecified atom stereocenters. The second-order valence-corrected chi connectivity index (χ2v) is 6.92. The lowest BCUT2D eigenvalue weighted by molar-refractivity contribution is -0.199. The van der Waals surface area contributed by atoms with Gasteiger partial charge in [0.15, 0.2) is 0 Å². The zero-order chi connectivity index (χ0) is 18.2. The van der Waals surface area contributed by atoms with Crippen LogP contribution in [0.25, 0.3) is 0 Å². The molecule has 0 bridgehead atoms. The number of carbonyl (C=O) groups is 2. The number of rotatable bonds is 3. The number of carboxylic acid groups (broad SMARTS) is 1. The first-order valence-corrected chi connectivity index (χ1v) is 8.46. The Hall–Kier alpha value is -2.05. The molecule has 0 saturated heterocycles. The van der Waals surface area contributed by atoms with E-state index in [1.807, 2.05) is 0 Å². The highest BCUT2D eigenvalue weighted by Crippen LogP contribution is 2.41. The van der Waals surface area contributed by atoms with Crippen molar-refractivity contribution < 1.29 is 27.9 Å². The molecule has 1 aromatic rings. The Kier molecular flexibility index (Phi) is 4.51. The van der Waals surface area contributed by atoms with Crippen LogP contribution in [0.4, 0.5) is 13.2 Å². The van der Waals surface area contributed by atoms with E-state index < -0.39 is 29.6 Å². The van der Waals surface area contributed by atoms with E-state index in [4.69, 9.17) is 0 Å². The smallest absolute Gasteiger partial charge is 0.471 e. The van der Waals surface area contributed by atoms with Gasteiger partial charge in [-0.2, -0.15) is 13.2 Å².